The van der Waals surface area contributed by atoms with E-state index in [2.05, 4.69) is 15.0 Å². The monoisotopic (exact) mass is 209 g/mol. The predicted molar refractivity (Wildman–Crippen MR) is 58.4 cm³/mol. The van der Waals surface area contributed by atoms with Gasteiger partial charge in [-0.15, -0.1) is 0 Å². The van der Waals surface area contributed by atoms with Crippen molar-refractivity contribution in [3.63, 3.8) is 0 Å². The van der Waals surface area contributed by atoms with Crippen molar-refractivity contribution in [3.05, 3.63) is 29.3 Å². The summed E-state index contributed by atoms with van der Waals surface area (Å²) in [6.07, 6.45) is 1.69. The normalized spacial score (nSPS) is 9.43. The maximum Gasteiger partial charge on any atom is 0.224 e. The zero-order valence-corrected chi connectivity index (χ0v) is 9.21. The van der Waals surface area contributed by atoms with Crippen molar-refractivity contribution in [2.45, 2.75) is 20.8 Å². The third kappa shape index (κ3) is 2.17. The number of aromatic nitrogens is 3. The van der Waals surface area contributed by atoms with Crippen molar-refractivity contribution >= 4 is 22.6 Å². The predicted octanol–water partition coefficient (Wildman–Crippen LogP) is 3.01. The lowest BCUT2D eigenvalue weighted by atomic mass is 10.3. The Bertz CT molecular complexity index is 429. The molecule has 0 unspecified atom stereocenters. The van der Waals surface area contributed by atoms with Crippen LogP contribution in [0.3, 0.4) is 0 Å². The minimum absolute atomic E-state index is 0.249. The average Bonchev–Trinajstić information content (AvgIpc) is 2.20. The van der Waals surface area contributed by atoms with Crippen LogP contribution in [0.25, 0.3) is 11.0 Å². The first-order valence-electron chi connectivity index (χ1n) is 4.52. The second kappa shape index (κ2) is 4.86. The molecule has 0 aliphatic carbocycles. The Morgan fingerprint density at radius 2 is 1.93 bits per heavy atom. The number of fused-ring (bicyclic) bond motifs is 1. The zero-order chi connectivity index (χ0) is 10.6. The summed E-state index contributed by atoms with van der Waals surface area (Å²) < 4.78 is 0. The maximum atomic E-state index is 5.66. The van der Waals surface area contributed by atoms with Gasteiger partial charge in [0, 0.05) is 11.6 Å². The highest BCUT2D eigenvalue weighted by atomic mass is 35.5. The highest BCUT2D eigenvalue weighted by Crippen LogP contribution is 2.13. The summed E-state index contributed by atoms with van der Waals surface area (Å²) in [6.45, 7) is 5.89. The fourth-order valence-electron chi connectivity index (χ4n) is 1.08. The van der Waals surface area contributed by atoms with Crippen LogP contribution in [0.15, 0.2) is 18.3 Å². The second-order valence-electron chi connectivity index (χ2n) is 2.45. The molecule has 0 aliphatic heterocycles. The molecule has 14 heavy (non-hydrogen) atoms. The van der Waals surface area contributed by atoms with Crippen molar-refractivity contribution in [1.82, 2.24) is 15.0 Å². The fourth-order valence-corrected chi connectivity index (χ4v) is 1.29. The summed E-state index contributed by atoms with van der Waals surface area (Å²) in [6, 6.07) is 3.78. The third-order valence-corrected chi connectivity index (χ3v) is 1.80. The summed E-state index contributed by atoms with van der Waals surface area (Å²) in [5.41, 5.74) is 1.51. The molecule has 2 aromatic rings. The number of nitrogens with zero attached hydrogens (tertiary/aromatic N) is 3. The molecule has 0 spiro atoms. The first-order chi connectivity index (χ1) is 6.77. The number of aryl methyl sites for hydroxylation is 1. The molecule has 2 aromatic heterocycles. The van der Waals surface area contributed by atoms with Crippen LogP contribution in [0.4, 0.5) is 0 Å². The molecule has 2 heterocycles. The van der Waals surface area contributed by atoms with E-state index in [9.17, 15) is 0 Å². The lowest BCUT2D eigenvalue weighted by Gasteiger charge is -1.98. The van der Waals surface area contributed by atoms with Crippen molar-refractivity contribution in [1.29, 1.82) is 0 Å². The Labute approximate surface area is 88.2 Å². The van der Waals surface area contributed by atoms with Gasteiger partial charge < -0.3 is 0 Å². The van der Waals surface area contributed by atoms with Crippen LogP contribution in [-0.2, 0) is 0 Å². The summed E-state index contributed by atoms with van der Waals surface area (Å²) in [7, 11) is 0. The molecule has 74 valence electrons. The van der Waals surface area contributed by atoms with E-state index in [1.54, 1.807) is 6.20 Å². The Kier molecular flexibility index (Phi) is 3.77. The van der Waals surface area contributed by atoms with Crippen LogP contribution in [0.2, 0.25) is 5.28 Å². The molecular weight excluding hydrogens is 198 g/mol. The quantitative estimate of drug-likeness (QED) is 0.626. The Hall–Kier alpha value is -1.22. The number of pyridine rings is 1. The van der Waals surface area contributed by atoms with Crippen LogP contribution in [0, 0.1) is 6.92 Å². The number of rotatable bonds is 0. The maximum absolute atomic E-state index is 5.66. The van der Waals surface area contributed by atoms with Gasteiger partial charge >= 0.3 is 0 Å². The average molecular weight is 210 g/mol. The fraction of sp³-hybridized carbons (Fsp3) is 0.300. The van der Waals surface area contributed by atoms with Gasteiger partial charge in [0.1, 0.15) is 0 Å². The largest absolute Gasteiger partial charge is 0.236 e. The van der Waals surface area contributed by atoms with Gasteiger partial charge in [-0.2, -0.15) is 4.98 Å². The molecule has 0 fully saturated rings. The molecule has 0 aliphatic rings. The molecule has 0 saturated carbocycles. The number of halogens is 1. The van der Waals surface area contributed by atoms with Gasteiger partial charge in [-0.05, 0) is 30.7 Å². The zero-order valence-electron chi connectivity index (χ0n) is 8.45. The van der Waals surface area contributed by atoms with Crippen LogP contribution in [0.5, 0.6) is 0 Å². The van der Waals surface area contributed by atoms with Gasteiger partial charge in [-0.3, -0.25) is 0 Å². The minimum atomic E-state index is 0.249. The number of hydrogen-bond acceptors (Lipinski definition) is 3. The summed E-state index contributed by atoms with van der Waals surface area (Å²) in [4.78, 5) is 12.1. The van der Waals surface area contributed by atoms with Gasteiger partial charge in [0.25, 0.3) is 0 Å². The van der Waals surface area contributed by atoms with E-state index in [0.717, 1.165) is 11.1 Å². The molecule has 0 N–H and O–H groups in total. The molecule has 0 aromatic carbocycles. The molecule has 4 heteroatoms. The molecule has 0 radical (unpaired) electrons. The SMILES string of the molecule is CC.Cc1nc(Cl)nc2ncccc12. The van der Waals surface area contributed by atoms with Crippen molar-refractivity contribution in [3.8, 4) is 0 Å². The van der Waals surface area contributed by atoms with Gasteiger partial charge in [0.2, 0.25) is 5.28 Å². The third-order valence-electron chi connectivity index (χ3n) is 1.63. The standard InChI is InChI=1S/C8H6ClN3.C2H6/c1-5-6-3-2-4-10-7(6)12-8(9)11-5;1-2/h2-4H,1H3;1-2H3. The van der Waals surface area contributed by atoms with Crippen LogP contribution < -0.4 is 0 Å². The molecule has 0 bridgehead atoms. The molecular formula is C10H12ClN3. The topological polar surface area (TPSA) is 38.7 Å². The summed E-state index contributed by atoms with van der Waals surface area (Å²) >= 11 is 5.66. The van der Waals surface area contributed by atoms with Crippen LogP contribution >= 0.6 is 11.6 Å². The van der Waals surface area contributed by atoms with Crippen molar-refractivity contribution < 1.29 is 0 Å². The van der Waals surface area contributed by atoms with Gasteiger partial charge in [0.15, 0.2) is 5.65 Å². The van der Waals surface area contributed by atoms with E-state index >= 15 is 0 Å². The minimum Gasteiger partial charge on any atom is -0.236 e. The highest BCUT2D eigenvalue weighted by Gasteiger charge is 2.01. The lowest BCUT2D eigenvalue weighted by Crippen LogP contribution is -1.91. The van der Waals surface area contributed by atoms with Gasteiger partial charge in [-0.25, -0.2) is 9.97 Å². The van der Waals surface area contributed by atoms with E-state index in [-0.39, 0.29) is 5.28 Å². The van der Waals surface area contributed by atoms with E-state index in [1.165, 1.54) is 0 Å². The van der Waals surface area contributed by atoms with E-state index in [4.69, 9.17) is 11.6 Å². The van der Waals surface area contributed by atoms with Gasteiger partial charge in [0.05, 0.1) is 5.69 Å². The van der Waals surface area contributed by atoms with Crippen LogP contribution in [-0.4, -0.2) is 15.0 Å². The van der Waals surface area contributed by atoms with E-state index < -0.39 is 0 Å². The Morgan fingerprint density at radius 3 is 2.64 bits per heavy atom. The molecule has 0 amide bonds. The first kappa shape index (κ1) is 10.9. The molecule has 0 atom stereocenters. The van der Waals surface area contributed by atoms with Crippen molar-refractivity contribution in [2.75, 3.05) is 0 Å². The Morgan fingerprint density at radius 1 is 1.21 bits per heavy atom. The Balaban J connectivity index is 0.000000461. The van der Waals surface area contributed by atoms with Crippen LogP contribution in [0.1, 0.15) is 19.5 Å². The summed E-state index contributed by atoms with van der Waals surface area (Å²) in [5, 5.41) is 1.20. The second-order valence-corrected chi connectivity index (χ2v) is 2.79. The smallest absolute Gasteiger partial charge is 0.224 e. The molecule has 2 rings (SSSR count). The highest BCUT2D eigenvalue weighted by molar-refractivity contribution is 6.28. The number of hydrogen-bond donors (Lipinski definition) is 0. The van der Waals surface area contributed by atoms with E-state index in [0.29, 0.717) is 5.65 Å². The molecule has 0 saturated heterocycles. The van der Waals surface area contributed by atoms with Crippen molar-refractivity contribution in [2.24, 2.45) is 0 Å². The van der Waals surface area contributed by atoms with E-state index in [1.807, 2.05) is 32.9 Å². The summed E-state index contributed by atoms with van der Waals surface area (Å²) in [5.74, 6) is 0. The first-order valence-corrected chi connectivity index (χ1v) is 4.90. The molecule has 3 nitrogen and oxygen atoms in total. The van der Waals surface area contributed by atoms with Gasteiger partial charge in [-0.1, -0.05) is 13.8 Å². The lowest BCUT2D eigenvalue weighted by molar-refractivity contribution is 1.13.